The van der Waals surface area contributed by atoms with E-state index in [-0.39, 0.29) is 11.7 Å². The molecule has 1 aromatic carbocycles. The van der Waals surface area contributed by atoms with Gasteiger partial charge in [0, 0.05) is 42.3 Å². The van der Waals surface area contributed by atoms with Gasteiger partial charge in [0.15, 0.2) is 5.65 Å². The topological polar surface area (TPSA) is 50.5 Å². The van der Waals surface area contributed by atoms with Gasteiger partial charge in [-0.2, -0.15) is 0 Å². The summed E-state index contributed by atoms with van der Waals surface area (Å²) in [6, 6.07) is 12.6. The molecule has 4 rings (SSSR count). The first-order valence-electron chi connectivity index (χ1n) is 9.17. The Bertz CT molecular complexity index is 936. The van der Waals surface area contributed by atoms with E-state index >= 15 is 0 Å². The van der Waals surface area contributed by atoms with Gasteiger partial charge in [0.05, 0.1) is 0 Å². The molecule has 3 aromatic rings. The van der Waals surface area contributed by atoms with Crippen LogP contribution >= 0.6 is 11.8 Å². The van der Waals surface area contributed by atoms with Gasteiger partial charge in [0.2, 0.25) is 5.91 Å². The Morgan fingerprint density at radius 1 is 1.11 bits per heavy atom. The number of benzene rings is 1. The van der Waals surface area contributed by atoms with Crippen LogP contribution in [-0.2, 0) is 4.79 Å². The van der Waals surface area contributed by atoms with Crippen molar-refractivity contribution in [2.75, 3.05) is 18.8 Å². The second-order valence-electron chi connectivity index (χ2n) is 6.67. The van der Waals surface area contributed by atoms with E-state index in [2.05, 4.69) is 10.2 Å². The minimum atomic E-state index is -0.226. The minimum Gasteiger partial charge on any atom is -0.343 e. The molecule has 1 amide bonds. The average molecular weight is 384 g/mol. The van der Waals surface area contributed by atoms with Crippen LogP contribution in [0.2, 0.25) is 0 Å². The number of amides is 1. The molecule has 0 atom stereocenters. The number of piperidine rings is 1. The third-order valence-corrected chi connectivity index (χ3v) is 6.01. The normalized spacial score (nSPS) is 15.4. The maximum atomic E-state index is 13.6. The molecule has 1 saturated heterocycles. The SMILES string of the molecule is O=C(CCSc1ccccc1F)N1CCC(c2nnc3ccccn23)CC1. The summed E-state index contributed by atoms with van der Waals surface area (Å²) in [5.41, 5.74) is 0.858. The molecule has 1 aliphatic rings. The lowest BCUT2D eigenvalue weighted by molar-refractivity contribution is -0.131. The number of carbonyl (C=O) groups is 1. The highest BCUT2D eigenvalue weighted by molar-refractivity contribution is 7.99. The number of nitrogens with zero attached hydrogens (tertiary/aromatic N) is 4. The summed E-state index contributed by atoms with van der Waals surface area (Å²) in [4.78, 5) is 15.0. The molecule has 1 aliphatic heterocycles. The summed E-state index contributed by atoms with van der Waals surface area (Å²) in [5, 5.41) is 8.57. The molecular weight excluding hydrogens is 363 g/mol. The number of hydrogen-bond acceptors (Lipinski definition) is 4. The molecule has 7 heteroatoms. The van der Waals surface area contributed by atoms with E-state index in [0.29, 0.717) is 23.0 Å². The highest BCUT2D eigenvalue weighted by atomic mass is 32.2. The molecular formula is C20H21FN4OS. The van der Waals surface area contributed by atoms with Crippen LogP contribution in [0.5, 0.6) is 0 Å². The molecule has 0 aliphatic carbocycles. The van der Waals surface area contributed by atoms with Crippen molar-refractivity contribution < 1.29 is 9.18 Å². The van der Waals surface area contributed by atoms with Gasteiger partial charge in [-0.15, -0.1) is 22.0 Å². The lowest BCUT2D eigenvalue weighted by Gasteiger charge is -2.31. The molecule has 0 saturated carbocycles. The Balaban J connectivity index is 1.28. The van der Waals surface area contributed by atoms with Crippen molar-refractivity contribution in [3.63, 3.8) is 0 Å². The van der Waals surface area contributed by atoms with Crippen molar-refractivity contribution in [2.45, 2.75) is 30.1 Å². The summed E-state index contributed by atoms with van der Waals surface area (Å²) >= 11 is 1.40. The molecule has 27 heavy (non-hydrogen) atoms. The van der Waals surface area contributed by atoms with Gasteiger partial charge in [-0.3, -0.25) is 9.20 Å². The van der Waals surface area contributed by atoms with Crippen LogP contribution in [0, 0.1) is 5.82 Å². The predicted octanol–water partition coefficient (Wildman–Crippen LogP) is 3.76. The van der Waals surface area contributed by atoms with Crippen LogP contribution in [-0.4, -0.2) is 44.2 Å². The summed E-state index contributed by atoms with van der Waals surface area (Å²) in [5.74, 6) is 1.81. The Hall–Kier alpha value is -2.41. The van der Waals surface area contributed by atoms with E-state index in [1.165, 1.54) is 17.8 Å². The second-order valence-corrected chi connectivity index (χ2v) is 7.81. The summed E-state index contributed by atoms with van der Waals surface area (Å²) < 4.78 is 15.7. The molecule has 0 bridgehead atoms. The standard InChI is InChI=1S/C20H21FN4OS/c21-16-5-1-2-6-17(16)27-14-10-19(26)24-12-8-15(9-13-24)20-23-22-18-7-3-4-11-25(18)20/h1-7,11,15H,8-10,12-14H2. The first kappa shape index (κ1) is 18.0. The van der Waals surface area contributed by atoms with Crippen LogP contribution in [0.1, 0.15) is 31.0 Å². The second kappa shape index (κ2) is 8.08. The first-order chi connectivity index (χ1) is 13.2. The number of rotatable bonds is 5. The molecule has 140 valence electrons. The molecule has 1 fully saturated rings. The van der Waals surface area contributed by atoms with Gasteiger partial charge in [-0.05, 0) is 37.1 Å². The highest BCUT2D eigenvalue weighted by Gasteiger charge is 2.26. The van der Waals surface area contributed by atoms with Crippen molar-refractivity contribution in [1.82, 2.24) is 19.5 Å². The van der Waals surface area contributed by atoms with E-state index in [1.807, 2.05) is 39.8 Å². The lowest BCUT2D eigenvalue weighted by atomic mass is 9.96. The van der Waals surface area contributed by atoms with Gasteiger partial charge < -0.3 is 4.90 Å². The Morgan fingerprint density at radius 2 is 1.89 bits per heavy atom. The molecule has 0 radical (unpaired) electrons. The number of likely N-dealkylation sites (tertiary alicyclic amines) is 1. The molecule has 2 aromatic heterocycles. The third-order valence-electron chi connectivity index (χ3n) is 4.96. The number of thioether (sulfide) groups is 1. The summed E-state index contributed by atoms with van der Waals surface area (Å²) in [7, 11) is 0. The molecule has 0 N–H and O–H groups in total. The Labute approximate surface area is 161 Å². The largest absolute Gasteiger partial charge is 0.343 e. The highest BCUT2D eigenvalue weighted by Crippen LogP contribution is 2.28. The molecule has 5 nitrogen and oxygen atoms in total. The zero-order valence-electron chi connectivity index (χ0n) is 14.9. The van der Waals surface area contributed by atoms with Gasteiger partial charge >= 0.3 is 0 Å². The van der Waals surface area contributed by atoms with Crippen molar-refractivity contribution in [3.05, 3.63) is 60.3 Å². The van der Waals surface area contributed by atoms with Crippen LogP contribution in [0.25, 0.3) is 5.65 Å². The smallest absolute Gasteiger partial charge is 0.223 e. The number of pyridine rings is 1. The van der Waals surface area contributed by atoms with E-state index in [1.54, 1.807) is 12.1 Å². The Kier molecular flexibility index (Phi) is 5.38. The van der Waals surface area contributed by atoms with Crippen LogP contribution in [0.4, 0.5) is 4.39 Å². The van der Waals surface area contributed by atoms with Gasteiger partial charge in [0.25, 0.3) is 0 Å². The number of carbonyl (C=O) groups excluding carboxylic acids is 1. The fourth-order valence-electron chi connectivity index (χ4n) is 3.49. The molecule has 0 unspecified atom stereocenters. The zero-order valence-corrected chi connectivity index (χ0v) is 15.7. The van der Waals surface area contributed by atoms with Crippen LogP contribution in [0.3, 0.4) is 0 Å². The van der Waals surface area contributed by atoms with Crippen molar-refractivity contribution in [3.8, 4) is 0 Å². The number of fused-ring (bicyclic) bond motifs is 1. The number of aromatic nitrogens is 3. The number of halogens is 1. The maximum Gasteiger partial charge on any atom is 0.223 e. The zero-order chi connectivity index (χ0) is 18.6. The predicted molar refractivity (Wildman–Crippen MR) is 103 cm³/mol. The van der Waals surface area contributed by atoms with Gasteiger partial charge in [-0.1, -0.05) is 18.2 Å². The van der Waals surface area contributed by atoms with E-state index in [0.717, 1.165) is 37.4 Å². The maximum absolute atomic E-state index is 13.6. The third kappa shape index (κ3) is 3.98. The van der Waals surface area contributed by atoms with Crippen LogP contribution < -0.4 is 0 Å². The van der Waals surface area contributed by atoms with E-state index in [4.69, 9.17) is 0 Å². The minimum absolute atomic E-state index is 0.142. The Morgan fingerprint density at radius 3 is 2.70 bits per heavy atom. The quantitative estimate of drug-likeness (QED) is 0.629. The van der Waals surface area contributed by atoms with E-state index < -0.39 is 0 Å². The number of hydrogen-bond donors (Lipinski definition) is 0. The fraction of sp³-hybridized carbons (Fsp3) is 0.350. The van der Waals surface area contributed by atoms with Gasteiger partial charge in [-0.25, -0.2) is 4.39 Å². The van der Waals surface area contributed by atoms with Crippen molar-refractivity contribution in [2.24, 2.45) is 0 Å². The molecule has 3 heterocycles. The first-order valence-corrected chi connectivity index (χ1v) is 10.2. The monoisotopic (exact) mass is 384 g/mol. The average Bonchev–Trinajstić information content (AvgIpc) is 3.14. The summed E-state index contributed by atoms with van der Waals surface area (Å²) in [6.07, 6.45) is 4.20. The van der Waals surface area contributed by atoms with Crippen LogP contribution in [0.15, 0.2) is 53.6 Å². The lowest BCUT2D eigenvalue weighted by Crippen LogP contribution is -2.38. The summed E-state index contributed by atoms with van der Waals surface area (Å²) in [6.45, 7) is 1.46. The van der Waals surface area contributed by atoms with Crippen molar-refractivity contribution >= 4 is 23.3 Å². The van der Waals surface area contributed by atoms with Crippen molar-refractivity contribution in [1.29, 1.82) is 0 Å². The van der Waals surface area contributed by atoms with Gasteiger partial charge in [0.1, 0.15) is 11.6 Å². The molecule has 0 spiro atoms. The van der Waals surface area contributed by atoms with E-state index in [9.17, 15) is 9.18 Å². The fourth-order valence-corrected chi connectivity index (χ4v) is 4.37.